The van der Waals surface area contributed by atoms with Crippen LogP contribution < -0.4 is 14.4 Å². The predicted octanol–water partition coefficient (Wildman–Crippen LogP) is 3.91. The van der Waals surface area contributed by atoms with E-state index in [9.17, 15) is 23.6 Å². The third-order valence-electron chi connectivity index (χ3n) is 5.17. The van der Waals surface area contributed by atoms with Crippen molar-refractivity contribution >= 4 is 53.7 Å². The summed E-state index contributed by atoms with van der Waals surface area (Å²) in [4.78, 5) is 14.0. The van der Waals surface area contributed by atoms with Gasteiger partial charge < -0.3 is 14.7 Å². The van der Waals surface area contributed by atoms with Crippen LogP contribution in [0.15, 0.2) is 50.2 Å². The molecule has 1 aliphatic rings. The summed E-state index contributed by atoms with van der Waals surface area (Å²) in [5, 5.41) is 19.0. The lowest BCUT2D eigenvalue weighted by Crippen LogP contribution is -2.36. The molecule has 1 saturated heterocycles. The zero-order chi connectivity index (χ0) is 23.6. The highest BCUT2D eigenvalue weighted by atomic mass is 79.9. The van der Waals surface area contributed by atoms with Crippen molar-refractivity contribution in [3.8, 4) is 11.9 Å². The molecule has 9 nitrogen and oxygen atoms in total. The van der Waals surface area contributed by atoms with Gasteiger partial charge in [0, 0.05) is 34.1 Å². The SMILES string of the molecule is COc1c([C@H]2C[C@@H](NS(=O)(=O)c3cc(Br)ccc3Br)CN2C#N)cccc1N(C)C(=O)O. The Bertz CT molecular complexity index is 1180. The number of hydrogen-bond acceptors (Lipinski definition) is 6. The summed E-state index contributed by atoms with van der Waals surface area (Å²) in [6.07, 6.45) is 1.25. The minimum Gasteiger partial charge on any atom is -0.494 e. The van der Waals surface area contributed by atoms with Gasteiger partial charge in [-0.15, -0.1) is 0 Å². The highest BCUT2D eigenvalue weighted by Gasteiger charge is 2.37. The number of nitrogens with one attached hydrogen (secondary N) is 1. The second-order valence-electron chi connectivity index (χ2n) is 7.14. The van der Waals surface area contributed by atoms with Crippen LogP contribution in [-0.2, 0) is 10.0 Å². The van der Waals surface area contributed by atoms with Gasteiger partial charge >= 0.3 is 6.09 Å². The van der Waals surface area contributed by atoms with Crippen molar-refractivity contribution < 1.29 is 23.1 Å². The number of benzene rings is 2. The lowest BCUT2D eigenvalue weighted by Gasteiger charge is -2.24. The van der Waals surface area contributed by atoms with Crippen molar-refractivity contribution in [2.45, 2.75) is 23.4 Å². The number of hydrogen-bond donors (Lipinski definition) is 2. The Morgan fingerprint density at radius 3 is 2.69 bits per heavy atom. The van der Waals surface area contributed by atoms with E-state index in [0.717, 1.165) is 4.90 Å². The lowest BCUT2D eigenvalue weighted by atomic mass is 10.0. The van der Waals surface area contributed by atoms with E-state index in [1.165, 1.54) is 25.1 Å². The molecule has 170 valence electrons. The fourth-order valence-corrected chi connectivity index (χ4v) is 6.43. The molecule has 0 spiro atoms. The molecule has 1 aliphatic heterocycles. The number of methoxy groups -OCH3 is 1. The van der Waals surface area contributed by atoms with Crippen LogP contribution in [0.4, 0.5) is 10.5 Å². The Hall–Kier alpha value is -2.33. The zero-order valence-corrected chi connectivity index (χ0v) is 21.1. The summed E-state index contributed by atoms with van der Waals surface area (Å²) >= 11 is 6.55. The Balaban J connectivity index is 1.92. The first-order valence-corrected chi connectivity index (χ1v) is 12.4. The molecule has 0 unspecified atom stereocenters. The monoisotopic (exact) mass is 586 g/mol. The van der Waals surface area contributed by atoms with Crippen molar-refractivity contribution in [3.63, 3.8) is 0 Å². The molecule has 32 heavy (non-hydrogen) atoms. The molecule has 1 heterocycles. The quantitative estimate of drug-likeness (QED) is 0.491. The van der Waals surface area contributed by atoms with Crippen LogP contribution in [0.5, 0.6) is 5.75 Å². The van der Waals surface area contributed by atoms with Gasteiger partial charge in [0.05, 0.1) is 23.7 Å². The van der Waals surface area contributed by atoms with Gasteiger partial charge in [0.1, 0.15) is 5.75 Å². The molecule has 0 aliphatic carbocycles. The molecular weight excluding hydrogens is 568 g/mol. The number of carboxylic acid groups (broad SMARTS) is 1. The number of rotatable bonds is 6. The third-order valence-corrected chi connectivity index (χ3v) is 8.18. The Morgan fingerprint density at radius 1 is 1.34 bits per heavy atom. The number of ether oxygens (including phenoxy) is 1. The molecule has 12 heteroatoms. The third kappa shape index (κ3) is 4.85. The molecule has 1 amide bonds. The van der Waals surface area contributed by atoms with Gasteiger partial charge in [0.15, 0.2) is 6.19 Å². The molecule has 2 atom stereocenters. The molecule has 0 saturated carbocycles. The van der Waals surface area contributed by atoms with Crippen molar-refractivity contribution in [1.29, 1.82) is 5.26 Å². The maximum Gasteiger partial charge on any atom is 0.411 e. The number of nitriles is 1. The highest BCUT2D eigenvalue weighted by molar-refractivity contribution is 9.11. The van der Waals surface area contributed by atoms with Crippen molar-refractivity contribution in [3.05, 3.63) is 50.9 Å². The standard InChI is InChI=1S/C20H20Br2N4O5S/c1-25(20(27)28)16-5-3-4-14(19(16)31-2)17-9-13(10-26(17)11-23)24-32(29,30)18-8-12(21)6-7-15(18)22/h3-8,13,17,24H,9-10H2,1-2H3,(H,27,28)/t13-,17-/m1/s1. The second kappa shape index (κ2) is 9.66. The van der Waals surface area contributed by atoms with Crippen LogP contribution in [0.1, 0.15) is 18.0 Å². The van der Waals surface area contributed by atoms with E-state index in [1.807, 2.05) is 0 Å². The molecule has 0 aromatic heterocycles. The van der Waals surface area contributed by atoms with Gasteiger partial charge in [-0.1, -0.05) is 28.1 Å². The van der Waals surface area contributed by atoms with Crippen LogP contribution in [0.25, 0.3) is 0 Å². The molecule has 0 radical (unpaired) electrons. The summed E-state index contributed by atoms with van der Waals surface area (Å²) in [7, 11) is -1.04. The fourth-order valence-electron chi connectivity index (χ4n) is 3.69. The maximum absolute atomic E-state index is 13.0. The van der Waals surface area contributed by atoms with Gasteiger partial charge in [0.2, 0.25) is 10.0 Å². The topological polar surface area (TPSA) is 123 Å². The van der Waals surface area contributed by atoms with E-state index in [-0.39, 0.29) is 11.4 Å². The molecular formula is C20H20Br2N4O5S. The van der Waals surface area contributed by atoms with Crippen molar-refractivity contribution in [2.24, 2.45) is 0 Å². The number of nitrogens with zero attached hydrogens (tertiary/aromatic N) is 3. The molecule has 2 N–H and O–H groups in total. The van der Waals surface area contributed by atoms with E-state index in [1.54, 1.807) is 30.3 Å². The van der Waals surface area contributed by atoms with Gasteiger partial charge in [-0.05, 0) is 46.6 Å². The van der Waals surface area contributed by atoms with Crippen molar-refractivity contribution in [2.75, 3.05) is 25.6 Å². The lowest BCUT2D eigenvalue weighted by molar-refractivity contribution is 0.203. The number of sulfonamides is 1. The molecule has 2 aromatic carbocycles. The Morgan fingerprint density at radius 2 is 2.06 bits per heavy atom. The van der Waals surface area contributed by atoms with E-state index in [2.05, 4.69) is 42.8 Å². The highest BCUT2D eigenvalue weighted by Crippen LogP contribution is 2.41. The summed E-state index contributed by atoms with van der Waals surface area (Å²) in [5.74, 6) is 0.320. The van der Waals surface area contributed by atoms with Gasteiger partial charge in [-0.3, -0.25) is 4.90 Å². The first kappa shape index (κ1) is 24.3. The van der Waals surface area contributed by atoms with E-state index < -0.39 is 28.2 Å². The van der Waals surface area contributed by atoms with Gasteiger partial charge in [-0.2, -0.15) is 5.26 Å². The van der Waals surface area contributed by atoms with Gasteiger partial charge in [-0.25, -0.2) is 17.9 Å². The number of para-hydroxylation sites is 1. The van der Waals surface area contributed by atoms with Crippen LogP contribution in [0.3, 0.4) is 0 Å². The van der Waals surface area contributed by atoms with Crippen LogP contribution >= 0.6 is 31.9 Å². The summed E-state index contributed by atoms with van der Waals surface area (Å²) < 4.78 is 35.2. The molecule has 3 rings (SSSR count). The first-order chi connectivity index (χ1) is 15.1. The Labute approximate surface area is 202 Å². The second-order valence-corrected chi connectivity index (χ2v) is 10.6. The van der Waals surface area contributed by atoms with Gasteiger partial charge in [0.25, 0.3) is 0 Å². The Kier molecular flexibility index (Phi) is 7.34. The number of likely N-dealkylation sites (tertiary alicyclic amines) is 1. The smallest absolute Gasteiger partial charge is 0.411 e. The minimum atomic E-state index is -3.86. The number of anilines is 1. The first-order valence-electron chi connectivity index (χ1n) is 9.36. The normalized spacial score (nSPS) is 18.3. The fraction of sp³-hybridized carbons (Fsp3) is 0.300. The molecule has 1 fully saturated rings. The van der Waals surface area contributed by atoms with Crippen molar-refractivity contribution in [1.82, 2.24) is 9.62 Å². The number of amides is 1. The maximum atomic E-state index is 13.0. The zero-order valence-electron chi connectivity index (χ0n) is 17.1. The number of carbonyl (C=O) groups is 1. The average Bonchev–Trinajstić information content (AvgIpc) is 3.15. The largest absolute Gasteiger partial charge is 0.494 e. The molecule has 0 bridgehead atoms. The van der Waals surface area contributed by atoms with Crippen LogP contribution in [0.2, 0.25) is 0 Å². The summed E-state index contributed by atoms with van der Waals surface area (Å²) in [6, 6.07) is 8.85. The molecule has 2 aromatic rings. The summed E-state index contributed by atoms with van der Waals surface area (Å²) in [6.45, 7) is 0.161. The van der Waals surface area contributed by atoms with Crippen LogP contribution in [0, 0.1) is 11.5 Å². The van der Waals surface area contributed by atoms with Crippen LogP contribution in [-0.4, -0.2) is 51.3 Å². The number of halogens is 2. The minimum absolute atomic E-state index is 0.0847. The summed E-state index contributed by atoms with van der Waals surface area (Å²) in [5.41, 5.74) is 0.933. The average molecular weight is 588 g/mol. The van der Waals surface area contributed by atoms with E-state index in [0.29, 0.717) is 32.4 Å². The predicted molar refractivity (Wildman–Crippen MR) is 125 cm³/mol. The van der Waals surface area contributed by atoms with E-state index in [4.69, 9.17) is 4.74 Å². The van der Waals surface area contributed by atoms with E-state index >= 15 is 0 Å².